The zero-order valence-corrected chi connectivity index (χ0v) is 17.2. The second-order valence-corrected chi connectivity index (χ2v) is 8.07. The summed E-state index contributed by atoms with van der Waals surface area (Å²) in [6.45, 7) is 2.81. The van der Waals surface area contributed by atoms with Crippen LogP contribution >= 0.6 is 0 Å². The molecule has 29 heavy (non-hydrogen) atoms. The highest BCUT2D eigenvalue weighted by atomic mass is 16.6. The predicted molar refractivity (Wildman–Crippen MR) is 106 cm³/mol. The number of Topliss-reactive ketones (excluding diaryl/α,β-unsaturated/α-hetero) is 1. The van der Waals surface area contributed by atoms with Gasteiger partial charge in [0.05, 0.1) is 7.11 Å². The van der Waals surface area contributed by atoms with E-state index in [1.165, 1.54) is 39.7 Å². The molecular formula is C22H29NO6. The molecular weight excluding hydrogens is 374 g/mol. The van der Waals surface area contributed by atoms with Crippen LogP contribution in [0.4, 0.5) is 0 Å². The van der Waals surface area contributed by atoms with Crippen molar-refractivity contribution < 1.29 is 28.6 Å². The van der Waals surface area contributed by atoms with Crippen molar-refractivity contribution in [3.63, 3.8) is 0 Å². The first-order chi connectivity index (χ1) is 13.9. The summed E-state index contributed by atoms with van der Waals surface area (Å²) in [7, 11) is 1.45. The van der Waals surface area contributed by atoms with E-state index in [0.29, 0.717) is 23.0 Å². The van der Waals surface area contributed by atoms with E-state index in [1.807, 2.05) is 6.92 Å². The Kier molecular flexibility index (Phi) is 6.77. The zero-order chi connectivity index (χ0) is 21.0. The second kappa shape index (κ2) is 9.29. The first kappa shape index (κ1) is 21.1. The van der Waals surface area contributed by atoms with Gasteiger partial charge in [0.1, 0.15) is 0 Å². The molecule has 3 rings (SSSR count). The van der Waals surface area contributed by atoms with Crippen LogP contribution in [0.2, 0.25) is 0 Å². The van der Waals surface area contributed by atoms with Crippen molar-refractivity contribution in [1.29, 1.82) is 0 Å². The van der Waals surface area contributed by atoms with E-state index in [4.69, 9.17) is 14.2 Å². The van der Waals surface area contributed by atoms with E-state index >= 15 is 0 Å². The number of esters is 1. The molecule has 7 nitrogen and oxygen atoms in total. The average Bonchev–Trinajstić information content (AvgIpc) is 3.34. The van der Waals surface area contributed by atoms with E-state index in [-0.39, 0.29) is 30.9 Å². The molecule has 2 fully saturated rings. The maximum atomic E-state index is 12.1. The van der Waals surface area contributed by atoms with E-state index in [2.05, 4.69) is 5.32 Å². The Morgan fingerprint density at radius 3 is 2.55 bits per heavy atom. The SMILES string of the molecule is COc1cc(C(C)=O)ccc1OCC(=O)OCC(=O)NC(C)C1CC2CCC1C2. The fourth-order valence-electron chi connectivity index (χ4n) is 4.64. The fraction of sp³-hybridized carbons (Fsp3) is 0.591. The molecule has 1 N–H and O–H groups in total. The van der Waals surface area contributed by atoms with Crippen LogP contribution in [0.25, 0.3) is 0 Å². The summed E-state index contributed by atoms with van der Waals surface area (Å²) in [5, 5.41) is 2.96. The van der Waals surface area contributed by atoms with E-state index in [9.17, 15) is 14.4 Å². The maximum Gasteiger partial charge on any atom is 0.344 e. The van der Waals surface area contributed by atoms with Gasteiger partial charge in [0, 0.05) is 11.6 Å². The van der Waals surface area contributed by atoms with Crippen molar-refractivity contribution in [2.24, 2.45) is 17.8 Å². The molecule has 0 spiro atoms. The van der Waals surface area contributed by atoms with Gasteiger partial charge in [0.2, 0.25) is 0 Å². The summed E-state index contributed by atoms with van der Waals surface area (Å²) in [5.74, 6) is 1.70. The van der Waals surface area contributed by atoms with E-state index in [1.54, 1.807) is 18.2 Å². The van der Waals surface area contributed by atoms with Gasteiger partial charge in [-0.25, -0.2) is 4.79 Å². The number of ketones is 1. The molecule has 2 saturated carbocycles. The molecule has 4 unspecified atom stereocenters. The summed E-state index contributed by atoms with van der Waals surface area (Å²) >= 11 is 0. The fourth-order valence-corrected chi connectivity index (χ4v) is 4.64. The quantitative estimate of drug-likeness (QED) is 0.504. The minimum atomic E-state index is -0.648. The summed E-state index contributed by atoms with van der Waals surface area (Å²) in [6.07, 6.45) is 5.05. The van der Waals surface area contributed by atoms with E-state index in [0.717, 1.165) is 11.8 Å². The van der Waals surface area contributed by atoms with Gasteiger partial charge in [-0.2, -0.15) is 0 Å². The molecule has 4 atom stereocenters. The van der Waals surface area contributed by atoms with Crippen LogP contribution < -0.4 is 14.8 Å². The molecule has 1 amide bonds. The predicted octanol–water partition coefficient (Wildman–Crippen LogP) is 2.76. The number of nitrogens with one attached hydrogen (secondary N) is 1. The van der Waals surface area contributed by atoms with Crippen LogP contribution in [0.3, 0.4) is 0 Å². The van der Waals surface area contributed by atoms with Gasteiger partial charge in [0.25, 0.3) is 5.91 Å². The number of methoxy groups -OCH3 is 1. The Labute approximate surface area is 171 Å². The maximum absolute atomic E-state index is 12.1. The van der Waals surface area contributed by atoms with Crippen LogP contribution in [0, 0.1) is 17.8 Å². The molecule has 0 aromatic heterocycles. The number of carbonyl (C=O) groups is 3. The Morgan fingerprint density at radius 1 is 1.14 bits per heavy atom. The van der Waals surface area contributed by atoms with Crippen LogP contribution in [0.1, 0.15) is 49.9 Å². The lowest BCUT2D eigenvalue weighted by molar-refractivity contribution is -0.150. The van der Waals surface area contributed by atoms with Crippen LogP contribution in [0.15, 0.2) is 18.2 Å². The molecule has 0 heterocycles. The second-order valence-electron chi connectivity index (χ2n) is 8.07. The van der Waals surface area contributed by atoms with Crippen molar-refractivity contribution in [3.8, 4) is 11.5 Å². The largest absolute Gasteiger partial charge is 0.493 e. The first-order valence-corrected chi connectivity index (χ1v) is 10.1. The number of fused-ring (bicyclic) bond motifs is 2. The van der Waals surface area contributed by atoms with Crippen molar-refractivity contribution in [2.75, 3.05) is 20.3 Å². The lowest BCUT2D eigenvalue weighted by atomic mass is 9.84. The van der Waals surface area contributed by atoms with Gasteiger partial charge >= 0.3 is 5.97 Å². The number of ether oxygens (including phenoxy) is 3. The number of carbonyl (C=O) groups excluding carboxylic acids is 3. The molecule has 0 radical (unpaired) electrons. The lowest BCUT2D eigenvalue weighted by Crippen LogP contribution is -2.42. The Morgan fingerprint density at radius 2 is 1.93 bits per heavy atom. The monoisotopic (exact) mass is 403 g/mol. The normalized spacial score (nSPS) is 23.3. The lowest BCUT2D eigenvalue weighted by Gasteiger charge is -2.28. The smallest absolute Gasteiger partial charge is 0.344 e. The number of hydrogen-bond acceptors (Lipinski definition) is 6. The topological polar surface area (TPSA) is 90.9 Å². The van der Waals surface area contributed by atoms with Gasteiger partial charge in [-0.15, -0.1) is 0 Å². The van der Waals surface area contributed by atoms with Gasteiger partial charge in [-0.1, -0.05) is 6.42 Å². The third-order valence-corrected chi connectivity index (χ3v) is 6.10. The molecule has 0 aliphatic heterocycles. The summed E-state index contributed by atoms with van der Waals surface area (Å²) < 4.78 is 15.6. The third-order valence-electron chi connectivity index (χ3n) is 6.10. The molecule has 1 aromatic carbocycles. The number of amides is 1. The Bertz CT molecular complexity index is 777. The number of hydrogen-bond donors (Lipinski definition) is 1. The summed E-state index contributed by atoms with van der Waals surface area (Å²) in [5.41, 5.74) is 0.484. The number of benzene rings is 1. The van der Waals surface area contributed by atoms with Gasteiger partial charge in [0.15, 0.2) is 30.5 Å². The van der Waals surface area contributed by atoms with Gasteiger partial charge < -0.3 is 19.5 Å². The molecule has 2 aliphatic carbocycles. The highest BCUT2D eigenvalue weighted by Crippen LogP contribution is 2.49. The van der Waals surface area contributed by atoms with Gasteiger partial charge in [-0.05, 0) is 69.1 Å². The third kappa shape index (κ3) is 5.28. The number of rotatable bonds is 9. The van der Waals surface area contributed by atoms with Crippen molar-refractivity contribution >= 4 is 17.7 Å². The van der Waals surface area contributed by atoms with Crippen LogP contribution in [-0.2, 0) is 14.3 Å². The summed E-state index contributed by atoms with van der Waals surface area (Å²) in [6, 6.07) is 4.80. The molecule has 0 saturated heterocycles. The highest BCUT2D eigenvalue weighted by molar-refractivity contribution is 5.94. The Hall–Kier alpha value is -2.57. The van der Waals surface area contributed by atoms with Crippen LogP contribution in [0.5, 0.6) is 11.5 Å². The average molecular weight is 403 g/mol. The Balaban J connectivity index is 1.40. The first-order valence-electron chi connectivity index (χ1n) is 10.1. The zero-order valence-electron chi connectivity index (χ0n) is 17.2. The van der Waals surface area contributed by atoms with Gasteiger partial charge in [-0.3, -0.25) is 9.59 Å². The standard InChI is InChI=1S/C22H29NO6/c1-13(18-9-15-4-5-17(18)8-15)23-21(25)11-29-22(26)12-28-19-7-6-16(14(2)24)10-20(19)27-3/h6-7,10,13,15,17-18H,4-5,8-9,11-12H2,1-3H3,(H,23,25). The molecule has 2 aliphatic rings. The van der Waals surface area contributed by atoms with Crippen LogP contribution in [-0.4, -0.2) is 44.0 Å². The summed E-state index contributed by atoms with van der Waals surface area (Å²) in [4.78, 5) is 35.5. The van der Waals surface area contributed by atoms with Crippen molar-refractivity contribution in [1.82, 2.24) is 5.32 Å². The molecule has 2 bridgehead atoms. The molecule has 158 valence electrons. The van der Waals surface area contributed by atoms with E-state index < -0.39 is 5.97 Å². The van der Waals surface area contributed by atoms with Crippen molar-refractivity contribution in [2.45, 2.75) is 45.6 Å². The highest BCUT2D eigenvalue weighted by Gasteiger charge is 2.42. The minimum absolute atomic E-state index is 0.0943. The molecule has 7 heteroatoms. The van der Waals surface area contributed by atoms with Crippen molar-refractivity contribution in [3.05, 3.63) is 23.8 Å². The minimum Gasteiger partial charge on any atom is -0.493 e. The molecule has 1 aromatic rings.